The average molecular weight is 537 g/mol. The summed E-state index contributed by atoms with van der Waals surface area (Å²) in [6.07, 6.45) is 43.8. The predicted molar refractivity (Wildman–Crippen MR) is 170 cm³/mol. The summed E-state index contributed by atoms with van der Waals surface area (Å²) in [6.45, 7) is 4.63. The van der Waals surface area contributed by atoms with Crippen molar-refractivity contribution in [2.75, 3.05) is 0 Å². The van der Waals surface area contributed by atoms with Crippen molar-refractivity contribution in [2.24, 2.45) is 5.92 Å². The minimum absolute atomic E-state index is 0.346. The van der Waals surface area contributed by atoms with Crippen LogP contribution < -0.4 is 0 Å². The summed E-state index contributed by atoms with van der Waals surface area (Å²) in [6, 6.07) is 0. The SMILES string of the molecule is CCCCCCCCCCCCCCCCCCC(CCCCC)CCCCCCCCCCCC(=O)O. The van der Waals surface area contributed by atoms with Gasteiger partial charge in [0.2, 0.25) is 0 Å². The van der Waals surface area contributed by atoms with Gasteiger partial charge in [0.15, 0.2) is 0 Å². The Bertz CT molecular complexity index is 447. The molecule has 0 spiro atoms. The van der Waals surface area contributed by atoms with Crippen LogP contribution >= 0.6 is 0 Å². The van der Waals surface area contributed by atoms with E-state index in [9.17, 15) is 4.79 Å². The molecule has 0 aliphatic rings. The Morgan fingerprint density at radius 2 is 0.632 bits per heavy atom. The molecule has 1 N–H and O–H groups in total. The molecule has 0 aliphatic carbocycles. The molecule has 0 heterocycles. The van der Waals surface area contributed by atoms with Crippen molar-refractivity contribution in [1.82, 2.24) is 0 Å². The van der Waals surface area contributed by atoms with Crippen molar-refractivity contribution in [1.29, 1.82) is 0 Å². The maximum absolute atomic E-state index is 10.5. The van der Waals surface area contributed by atoms with Crippen molar-refractivity contribution in [3.8, 4) is 0 Å². The second-order valence-corrected chi connectivity index (χ2v) is 12.6. The van der Waals surface area contributed by atoms with Gasteiger partial charge in [0.05, 0.1) is 0 Å². The first-order chi connectivity index (χ1) is 18.7. The molecule has 0 fully saturated rings. The third-order valence-electron chi connectivity index (χ3n) is 8.68. The molecule has 38 heavy (non-hydrogen) atoms. The molecule has 0 bridgehead atoms. The van der Waals surface area contributed by atoms with Crippen LogP contribution in [0.4, 0.5) is 0 Å². The van der Waals surface area contributed by atoms with Gasteiger partial charge in [-0.15, -0.1) is 0 Å². The molecular weight excluding hydrogens is 464 g/mol. The van der Waals surface area contributed by atoms with E-state index in [1.165, 1.54) is 186 Å². The van der Waals surface area contributed by atoms with Gasteiger partial charge < -0.3 is 5.11 Å². The third kappa shape index (κ3) is 31.7. The van der Waals surface area contributed by atoms with Crippen molar-refractivity contribution in [2.45, 2.75) is 219 Å². The Hall–Kier alpha value is -0.530. The van der Waals surface area contributed by atoms with Crippen LogP contribution in [0.5, 0.6) is 0 Å². The fourth-order valence-corrected chi connectivity index (χ4v) is 6.04. The van der Waals surface area contributed by atoms with E-state index >= 15 is 0 Å². The van der Waals surface area contributed by atoms with Crippen molar-refractivity contribution >= 4 is 5.97 Å². The molecule has 2 heteroatoms. The van der Waals surface area contributed by atoms with Gasteiger partial charge in [-0.2, -0.15) is 0 Å². The summed E-state index contributed by atoms with van der Waals surface area (Å²) in [5.41, 5.74) is 0. The predicted octanol–water partition coefficient (Wildman–Crippen LogP) is 13.2. The first kappa shape index (κ1) is 37.5. The first-order valence-electron chi connectivity index (χ1n) is 17.9. The minimum atomic E-state index is -0.646. The Kier molecular flexibility index (Phi) is 32.2. The third-order valence-corrected chi connectivity index (χ3v) is 8.68. The molecule has 0 aromatic heterocycles. The maximum Gasteiger partial charge on any atom is 0.303 e. The number of carbonyl (C=O) groups is 1. The van der Waals surface area contributed by atoms with Crippen LogP contribution in [-0.4, -0.2) is 11.1 Å². The fourth-order valence-electron chi connectivity index (χ4n) is 6.04. The zero-order valence-corrected chi connectivity index (χ0v) is 26.6. The number of aliphatic carboxylic acids is 1. The van der Waals surface area contributed by atoms with Crippen molar-refractivity contribution < 1.29 is 9.90 Å². The highest BCUT2D eigenvalue weighted by molar-refractivity contribution is 5.66. The first-order valence-corrected chi connectivity index (χ1v) is 17.9. The zero-order valence-electron chi connectivity index (χ0n) is 26.6. The van der Waals surface area contributed by atoms with Gasteiger partial charge in [0.1, 0.15) is 0 Å². The van der Waals surface area contributed by atoms with E-state index in [0.29, 0.717) is 6.42 Å². The van der Waals surface area contributed by atoms with E-state index < -0.39 is 5.97 Å². The lowest BCUT2D eigenvalue weighted by Crippen LogP contribution is -2.01. The second-order valence-electron chi connectivity index (χ2n) is 12.6. The number of carboxylic acid groups (broad SMARTS) is 1. The monoisotopic (exact) mass is 537 g/mol. The summed E-state index contributed by atoms with van der Waals surface area (Å²) in [7, 11) is 0. The van der Waals surface area contributed by atoms with Crippen LogP contribution in [0.15, 0.2) is 0 Å². The molecule has 2 nitrogen and oxygen atoms in total. The van der Waals surface area contributed by atoms with Crippen LogP contribution in [0.2, 0.25) is 0 Å². The van der Waals surface area contributed by atoms with Crippen LogP contribution in [-0.2, 0) is 4.79 Å². The summed E-state index contributed by atoms with van der Waals surface area (Å²) < 4.78 is 0. The number of unbranched alkanes of at least 4 members (excludes halogenated alkanes) is 25. The molecule has 1 atom stereocenters. The van der Waals surface area contributed by atoms with Crippen LogP contribution in [0, 0.1) is 5.92 Å². The smallest absolute Gasteiger partial charge is 0.303 e. The number of hydrogen-bond acceptors (Lipinski definition) is 1. The van der Waals surface area contributed by atoms with Crippen LogP contribution in [0.1, 0.15) is 219 Å². The van der Waals surface area contributed by atoms with Gasteiger partial charge in [-0.25, -0.2) is 0 Å². The van der Waals surface area contributed by atoms with E-state index in [-0.39, 0.29) is 0 Å². The van der Waals surface area contributed by atoms with E-state index in [2.05, 4.69) is 13.8 Å². The Morgan fingerprint density at radius 1 is 0.395 bits per heavy atom. The van der Waals surface area contributed by atoms with E-state index in [1.807, 2.05) is 0 Å². The van der Waals surface area contributed by atoms with Gasteiger partial charge in [-0.1, -0.05) is 206 Å². The van der Waals surface area contributed by atoms with Gasteiger partial charge in [-0.05, 0) is 12.3 Å². The molecule has 0 rings (SSSR count). The molecule has 228 valence electrons. The van der Waals surface area contributed by atoms with E-state index in [0.717, 1.165) is 18.8 Å². The van der Waals surface area contributed by atoms with Crippen LogP contribution in [0.25, 0.3) is 0 Å². The van der Waals surface area contributed by atoms with Gasteiger partial charge in [-0.3, -0.25) is 4.79 Å². The molecule has 0 radical (unpaired) electrons. The summed E-state index contributed by atoms with van der Waals surface area (Å²) in [4.78, 5) is 10.5. The lowest BCUT2D eigenvalue weighted by molar-refractivity contribution is -0.137. The number of carboxylic acids is 1. The summed E-state index contributed by atoms with van der Waals surface area (Å²) in [5, 5.41) is 8.69. The Morgan fingerprint density at radius 3 is 0.947 bits per heavy atom. The molecule has 0 saturated carbocycles. The minimum Gasteiger partial charge on any atom is -0.481 e. The average Bonchev–Trinajstić information content (AvgIpc) is 2.91. The molecule has 0 saturated heterocycles. The standard InChI is InChI=1S/C36H72O2/c1-3-5-7-8-9-10-11-12-13-14-15-16-18-21-24-28-32-35(31-27-6-4-2)33-29-25-22-19-17-20-23-26-30-34-36(37)38/h35H,3-34H2,1-2H3,(H,37,38). The molecule has 0 amide bonds. The lowest BCUT2D eigenvalue weighted by Gasteiger charge is -2.17. The van der Waals surface area contributed by atoms with Crippen molar-refractivity contribution in [3.05, 3.63) is 0 Å². The Balaban J connectivity index is 3.56. The summed E-state index contributed by atoms with van der Waals surface area (Å²) in [5.74, 6) is 0.343. The number of hydrogen-bond donors (Lipinski definition) is 1. The van der Waals surface area contributed by atoms with Gasteiger partial charge >= 0.3 is 5.97 Å². The highest BCUT2D eigenvalue weighted by atomic mass is 16.4. The normalized spacial score (nSPS) is 12.3. The lowest BCUT2D eigenvalue weighted by atomic mass is 9.89. The van der Waals surface area contributed by atoms with Crippen molar-refractivity contribution in [3.63, 3.8) is 0 Å². The molecular formula is C36H72O2. The van der Waals surface area contributed by atoms with E-state index in [1.54, 1.807) is 0 Å². The highest BCUT2D eigenvalue weighted by Crippen LogP contribution is 2.24. The molecule has 0 aromatic carbocycles. The zero-order chi connectivity index (χ0) is 27.8. The molecule has 0 aliphatic heterocycles. The highest BCUT2D eigenvalue weighted by Gasteiger charge is 2.08. The van der Waals surface area contributed by atoms with Crippen LogP contribution in [0.3, 0.4) is 0 Å². The fraction of sp³-hybridized carbons (Fsp3) is 0.972. The molecule has 1 unspecified atom stereocenters. The molecule has 0 aromatic rings. The number of rotatable bonds is 33. The maximum atomic E-state index is 10.5. The summed E-state index contributed by atoms with van der Waals surface area (Å²) >= 11 is 0. The van der Waals surface area contributed by atoms with E-state index in [4.69, 9.17) is 5.11 Å². The van der Waals surface area contributed by atoms with Gasteiger partial charge in [0.25, 0.3) is 0 Å². The topological polar surface area (TPSA) is 37.3 Å². The largest absolute Gasteiger partial charge is 0.481 e. The second kappa shape index (κ2) is 32.7. The Labute approximate surface area is 240 Å². The van der Waals surface area contributed by atoms with Gasteiger partial charge in [0, 0.05) is 6.42 Å². The quantitative estimate of drug-likeness (QED) is 0.0847.